The van der Waals surface area contributed by atoms with E-state index in [-0.39, 0.29) is 23.7 Å². The largest absolute Gasteiger partial charge is 0.493 e. The number of aryl methyl sites for hydroxylation is 1. The van der Waals surface area contributed by atoms with Crippen molar-refractivity contribution in [1.82, 2.24) is 34.5 Å². The minimum Gasteiger partial charge on any atom is -0.493 e. The fourth-order valence-corrected chi connectivity index (χ4v) is 3.21. The Kier molecular flexibility index (Phi) is 4.50. The van der Waals surface area contributed by atoms with Crippen LogP contribution in [0, 0.1) is 6.92 Å². The van der Waals surface area contributed by atoms with Crippen molar-refractivity contribution in [1.29, 1.82) is 0 Å². The third kappa shape index (κ3) is 3.89. The number of rotatable bonds is 5. The van der Waals surface area contributed by atoms with Crippen molar-refractivity contribution in [3.05, 3.63) is 62.8 Å². The van der Waals surface area contributed by atoms with Crippen LogP contribution in [0.15, 0.2) is 34.3 Å². The van der Waals surface area contributed by atoms with Gasteiger partial charge in [-0.25, -0.2) is 9.79 Å². The first-order valence-corrected chi connectivity index (χ1v) is 9.98. The number of anilines is 1. The summed E-state index contributed by atoms with van der Waals surface area (Å²) in [5.41, 5.74) is 2.69. The lowest BCUT2D eigenvalue weighted by atomic mass is 10.1. The zero-order valence-electron chi connectivity index (χ0n) is 17.0. The van der Waals surface area contributed by atoms with E-state index in [0.717, 1.165) is 24.1 Å². The molecule has 11 heteroatoms. The standard InChI is InChI=1S/C20H21N9O2/c1-10-5-6-21-14(7-10)11(2)23-18-26-16-12(8-15-17(30)27-20(31)25-15)9-22-29(16)19(28-18)24-13-3-4-13/h5-9,11,13,30H,3-4H2,1-2H3,(H,23,24,28)(H2,25,27,31)/b12-8-. The van der Waals surface area contributed by atoms with Crippen LogP contribution in [0.25, 0.3) is 11.7 Å². The predicted octanol–water partition coefficient (Wildman–Crippen LogP) is 0.334. The van der Waals surface area contributed by atoms with Gasteiger partial charge < -0.3 is 15.4 Å². The second-order valence-electron chi connectivity index (χ2n) is 7.65. The Balaban J connectivity index is 1.62. The SMILES string of the molecule is Cc1ccnc(C(C)Nc2nc(=NC3CC3)n3nc/c(=C/c4[nH]c(=O)[nH]c4O)c3n2)c1. The summed E-state index contributed by atoms with van der Waals surface area (Å²) >= 11 is 0. The Morgan fingerprint density at radius 2 is 2.19 bits per heavy atom. The van der Waals surface area contributed by atoms with Crippen molar-refractivity contribution in [2.45, 2.75) is 38.8 Å². The van der Waals surface area contributed by atoms with Crippen LogP contribution in [0.2, 0.25) is 0 Å². The summed E-state index contributed by atoms with van der Waals surface area (Å²) in [6, 6.07) is 4.06. The Hall–Kier alpha value is -4.02. The van der Waals surface area contributed by atoms with Gasteiger partial charge >= 0.3 is 5.69 Å². The van der Waals surface area contributed by atoms with Gasteiger partial charge in [-0.05, 0) is 50.5 Å². The summed E-state index contributed by atoms with van der Waals surface area (Å²) in [7, 11) is 0. The number of fused-ring (bicyclic) bond motifs is 1. The fraction of sp³-hybridized carbons (Fsp3) is 0.300. The van der Waals surface area contributed by atoms with E-state index >= 15 is 0 Å². The number of nitrogens with zero attached hydrogens (tertiary/aromatic N) is 6. The maximum atomic E-state index is 11.5. The molecule has 31 heavy (non-hydrogen) atoms. The van der Waals surface area contributed by atoms with E-state index < -0.39 is 5.69 Å². The van der Waals surface area contributed by atoms with Crippen LogP contribution in [0.5, 0.6) is 5.88 Å². The monoisotopic (exact) mass is 419 g/mol. The van der Waals surface area contributed by atoms with Crippen molar-refractivity contribution in [2.24, 2.45) is 4.99 Å². The van der Waals surface area contributed by atoms with Crippen molar-refractivity contribution >= 4 is 17.7 Å². The van der Waals surface area contributed by atoms with Gasteiger partial charge in [0, 0.05) is 11.4 Å². The summed E-state index contributed by atoms with van der Waals surface area (Å²) in [6.07, 6.45) is 7.01. The number of aromatic hydroxyl groups is 1. The Morgan fingerprint density at radius 1 is 1.35 bits per heavy atom. The van der Waals surface area contributed by atoms with Gasteiger partial charge in [0.15, 0.2) is 5.65 Å². The first-order valence-electron chi connectivity index (χ1n) is 9.98. The molecule has 4 aromatic rings. The van der Waals surface area contributed by atoms with Gasteiger partial charge in [0.1, 0.15) is 5.69 Å². The molecule has 1 atom stereocenters. The van der Waals surface area contributed by atoms with E-state index in [1.165, 1.54) is 0 Å². The quantitative estimate of drug-likeness (QED) is 0.364. The maximum Gasteiger partial charge on any atom is 0.326 e. The molecular formula is C20H21N9O2. The molecule has 1 aliphatic rings. The molecule has 4 aromatic heterocycles. The van der Waals surface area contributed by atoms with E-state index in [4.69, 9.17) is 0 Å². The first-order chi connectivity index (χ1) is 15.0. The number of aromatic amines is 2. The van der Waals surface area contributed by atoms with E-state index in [1.54, 1.807) is 23.0 Å². The fourth-order valence-electron chi connectivity index (χ4n) is 3.21. The third-order valence-electron chi connectivity index (χ3n) is 4.98. The minimum absolute atomic E-state index is 0.128. The van der Waals surface area contributed by atoms with Crippen LogP contribution in [0.1, 0.15) is 42.8 Å². The lowest BCUT2D eigenvalue weighted by molar-refractivity contribution is 0.454. The van der Waals surface area contributed by atoms with E-state index in [0.29, 0.717) is 22.4 Å². The van der Waals surface area contributed by atoms with Crippen molar-refractivity contribution in [2.75, 3.05) is 5.32 Å². The average Bonchev–Trinajstić information content (AvgIpc) is 3.37. The van der Waals surface area contributed by atoms with Crippen LogP contribution < -0.4 is 21.8 Å². The van der Waals surface area contributed by atoms with Gasteiger partial charge in [-0.2, -0.15) is 19.6 Å². The topological polar surface area (TPSA) is 149 Å². The van der Waals surface area contributed by atoms with Gasteiger partial charge in [0.05, 0.1) is 24.0 Å². The zero-order valence-corrected chi connectivity index (χ0v) is 17.0. The molecule has 0 saturated heterocycles. The van der Waals surface area contributed by atoms with Gasteiger partial charge in [0.25, 0.3) is 5.62 Å². The maximum absolute atomic E-state index is 11.5. The molecule has 0 aromatic carbocycles. The molecule has 0 spiro atoms. The predicted molar refractivity (Wildman–Crippen MR) is 112 cm³/mol. The highest BCUT2D eigenvalue weighted by molar-refractivity contribution is 5.57. The smallest absolute Gasteiger partial charge is 0.326 e. The highest BCUT2D eigenvalue weighted by atomic mass is 16.3. The molecule has 1 fully saturated rings. The van der Waals surface area contributed by atoms with Gasteiger partial charge in [-0.3, -0.25) is 9.97 Å². The molecule has 1 unspecified atom stereocenters. The van der Waals surface area contributed by atoms with Gasteiger partial charge in [-0.1, -0.05) is 0 Å². The Morgan fingerprint density at radius 3 is 2.90 bits per heavy atom. The van der Waals surface area contributed by atoms with Gasteiger partial charge in [0.2, 0.25) is 11.8 Å². The number of H-pyrrole nitrogens is 2. The molecule has 0 bridgehead atoms. The zero-order chi connectivity index (χ0) is 21.5. The minimum atomic E-state index is -0.499. The molecule has 1 saturated carbocycles. The van der Waals surface area contributed by atoms with Crippen molar-refractivity contribution < 1.29 is 5.11 Å². The molecule has 5 rings (SSSR count). The average molecular weight is 419 g/mol. The lowest BCUT2D eigenvalue weighted by Crippen LogP contribution is -2.25. The van der Waals surface area contributed by atoms with Gasteiger partial charge in [-0.15, -0.1) is 0 Å². The Bertz CT molecular complexity index is 1450. The molecule has 4 N–H and O–H groups in total. The summed E-state index contributed by atoms with van der Waals surface area (Å²) in [5.74, 6) is 0.142. The number of pyridine rings is 1. The highest BCUT2D eigenvalue weighted by Crippen LogP contribution is 2.22. The summed E-state index contributed by atoms with van der Waals surface area (Å²) in [6.45, 7) is 4.00. The van der Waals surface area contributed by atoms with Crippen LogP contribution >= 0.6 is 0 Å². The molecule has 11 nitrogen and oxygen atoms in total. The van der Waals surface area contributed by atoms with Crippen LogP contribution in [-0.4, -0.2) is 45.7 Å². The molecule has 4 heterocycles. The molecule has 0 aliphatic heterocycles. The molecule has 158 valence electrons. The number of imidazole rings is 1. The van der Waals surface area contributed by atoms with Crippen LogP contribution in [0.4, 0.5) is 5.95 Å². The van der Waals surface area contributed by atoms with Crippen LogP contribution in [0.3, 0.4) is 0 Å². The number of nitrogens with one attached hydrogen (secondary N) is 3. The third-order valence-corrected chi connectivity index (χ3v) is 4.98. The van der Waals surface area contributed by atoms with Crippen molar-refractivity contribution in [3.8, 4) is 5.88 Å². The second-order valence-corrected chi connectivity index (χ2v) is 7.65. The summed E-state index contributed by atoms with van der Waals surface area (Å²) in [4.78, 5) is 34.5. The molecule has 1 aliphatic carbocycles. The van der Waals surface area contributed by atoms with E-state index in [1.807, 2.05) is 26.0 Å². The second kappa shape index (κ2) is 7.35. The van der Waals surface area contributed by atoms with E-state index in [9.17, 15) is 9.90 Å². The van der Waals surface area contributed by atoms with E-state index in [2.05, 4.69) is 40.3 Å². The lowest BCUT2D eigenvalue weighted by Gasteiger charge is -2.13. The number of aromatic nitrogens is 7. The highest BCUT2D eigenvalue weighted by Gasteiger charge is 2.21. The normalized spacial score (nSPS) is 16.2. The summed E-state index contributed by atoms with van der Waals surface area (Å²) < 4.78 is 1.56. The Labute approximate surface area is 175 Å². The molecule has 0 radical (unpaired) electrons. The molecule has 0 amide bonds. The number of hydrogen-bond donors (Lipinski definition) is 4. The molecular weight excluding hydrogens is 398 g/mol. The summed E-state index contributed by atoms with van der Waals surface area (Å²) in [5, 5.41) is 18.2. The van der Waals surface area contributed by atoms with Crippen LogP contribution in [-0.2, 0) is 0 Å². The first kappa shape index (κ1) is 19.0. The number of hydrogen-bond acceptors (Lipinski definition) is 8. The van der Waals surface area contributed by atoms with Crippen molar-refractivity contribution in [3.63, 3.8) is 0 Å².